The van der Waals surface area contributed by atoms with Gasteiger partial charge in [-0.3, -0.25) is 4.79 Å². The number of hydrogen-bond donors (Lipinski definition) is 0. The number of carbonyl (C=O) groups is 1. The molecule has 1 aliphatic heterocycles. The van der Waals surface area contributed by atoms with E-state index in [9.17, 15) is 4.79 Å². The quantitative estimate of drug-likeness (QED) is 0.541. The number of likely N-dealkylation sites (tertiary alicyclic amines) is 1. The molecule has 1 heterocycles. The third kappa shape index (κ3) is 4.86. The first kappa shape index (κ1) is 14.0. The number of nitrogens with zero attached hydrogens (tertiary/aromatic N) is 1. The van der Waals surface area contributed by atoms with E-state index in [2.05, 4.69) is 27.8 Å². The highest BCUT2D eigenvalue weighted by Gasteiger charge is 2.22. The highest BCUT2D eigenvalue weighted by molar-refractivity contribution is 9.09. The Bertz CT molecular complexity index is 206. The first-order chi connectivity index (χ1) is 7.77. The van der Waals surface area contributed by atoms with Gasteiger partial charge in [-0.1, -0.05) is 35.7 Å². The Morgan fingerprint density at radius 1 is 1.44 bits per heavy atom. The van der Waals surface area contributed by atoms with Crippen LogP contribution in [0.25, 0.3) is 0 Å². The van der Waals surface area contributed by atoms with E-state index in [0.717, 1.165) is 37.2 Å². The van der Waals surface area contributed by atoms with E-state index in [1.807, 2.05) is 0 Å². The Morgan fingerprint density at radius 3 is 2.94 bits per heavy atom. The fourth-order valence-corrected chi connectivity index (χ4v) is 3.01. The minimum Gasteiger partial charge on any atom is -0.342 e. The van der Waals surface area contributed by atoms with Gasteiger partial charge in [0.1, 0.15) is 0 Å². The predicted molar refractivity (Wildman–Crippen MR) is 71.9 cm³/mol. The topological polar surface area (TPSA) is 20.3 Å². The molecule has 0 spiro atoms. The largest absolute Gasteiger partial charge is 0.342 e. The first-order valence-corrected chi connectivity index (χ1v) is 7.73. The lowest BCUT2D eigenvalue weighted by Crippen LogP contribution is -2.39. The maximum Gasteiger partial charge on any atom is 0.222 e. The fraction of sp³-hybridized carbons (Fsp3) is 0.923. The van der Waals surface area contributed by atoms with Crippen molar-refractivity contribution in [2.24, 2.45) is 5.92 Å². The minimum atomic E-state index is 0.382. The van der Waals surface area contributed by atoms with E-state index in [1.54, 1.807) is 0 Å². The summed E-state index contributed by atoms with van der Waals surface area (Å²) in [5, 5.41) is 1.07. The monoisotopic (exact) mass is 289 g/mol. The zero-order valence-electron chi connectivity index (χ0n) is 10.4. The molecule has 0 aliphatic carbocycles. The van der Waals surface area contributed by atoms with Crippen LogP contribution in [0.15, 0.2) is 0 Å². The van der Waals surface area contributed by atoms with Crippen LogP contribution in [0.3, 0.4) is 0 Å². The van der Waals surface area contributed by atoms with E-state index in [4.69, 9.17) is 0 Å². The Kier molecular flexibility index (Phi) is 7.10. The van der Waals surface area contributed by atoms with Crippen LogP contribution in [-0.2, 0) is 4.79 Å². The molecule has 0 aromatic heterocycles. The number of rotatable bonds is 6. The van der Waals surface area contributed by atoms with Crippen molar-refractivity contribution in [2.45, 2.75) is 51.9 Å². The number of halogens is 1. The summed E-state index contributed by atoms with van der Waals surface area (Å²) in [6.45, 7) is 4.16. The lowest BCUT2D eigenvalue weighted by molar-refractivity contribution is -0.133. The molecule has 1 amide bonds. The Morgan fingerprint density at radius 2 is 2.25 bits per heavy atom. The highest BCUT2D eigenvalue weighted by Crippen LogP contribution is 2.21. The molecule has 1 unspecified atom stereocenters. The summed E-state index contributed by atoms with van der Waals surface area (Å²) < 4.78 is 0. The van der Waals surface area contributed by atoms with Crippen molar-refractivity contribution in [2.75, 3.05) is 18.4 Å². The Hall–Kier alpha value is -0.0500. The molecule has 1 fully saturated rings. The molecule has 0 saturated carbocycles. The Labute approximate surface area is 108 Å². The van der Waals surface area contributed by atoms with Crippen molar-refractivity contribution in [3.05, 3.63) is 0 Å². The summed E-state index contributed by atoms with van der Waals surface area (Å²) in [4.78, 5) is 14.0. The van der Waals surface area contributed by atoms with Gasteiger partial charge in [0, 0.05) is 24.8 Å². The summed E-state index contributed by atoms with van der Waals surface area (Å²) in [6.07, 6.45) is 7.90. The number of amides is 1. The highest BCUT2D eigenvalue weighted by atomic mass is 79.9. The van der Waals surface area contributed by atoms with Gasteiger partial charge in [0.2, 0.25) is 5.91 Å². The zero-order chi connectivity index (χ0) is 11.8. The molecule has 2 nitrogen and oxygen atoms in total. The van der Waals surface area contributed by atoms with E-state index < -0.39 is 0 Å². The standard InChI is InChI=1S/C13H24BrNO/c1-2-3-4-7-13(16)15-10-5-6-12(11-15)8-9-14/h12H,2-11H2,1H3. The molecular formula is C13H24BrNO. The van der Waals surface area contributed by atoms with E-state index in [1.165, 1.54) is 32.1 Å². The van der Waals surface area contributed by atoms with Gasteiger partial charge >= 0.3 is 0 Å². The number of hydrogen-bond acceptors (Lipinski definition) is 1. The summed E-state index contributed by atoms with van der Waals surface area (Å²) in [7, 11) is 0. The second kappa shape index (κ2) is 8.10. The predicted octanol–water partition coefficient (Wildman–Crippen LogP) is 3.59. The molecular weight excluding hydrogens is 266 g/mol. The van der Waals surface area contributed by atoms with Gasteiger partial charge in [0.15, 0.2) is 0 Å². The zero-order valence-corrected chi connectivity index (χ0v) is 12.0. The number of carbonyl (C=O) groups excluding carboxylic acids is 1. The van der Waals surface area contributed by atoms with E-state index >= 15 is 0 Å². The van der Waals surface area contributed by atoms with Crippen molar-refractivity contribution in [3.63, 3.8) is 0 Å². The number of piperidine rings is 1. The summed E-state index contributed by atoms with van der Waals surface area (Å²) >= 11 is 3.49. The molecule has 94 valence electrons. The third-order valence-electron chi connectivity index (χ3n) is 3.38. The number of unbranched alkanes of at least 4 members (excludes halogenated alkanes) is 2. The second-order valence-electron chi connectivity index (χ2n) is 4.78. The van der Waals surface area contributed by atoms with Gasteiger partial charge in [-0.2, -0.15) is 0 Å². The minimum absolute atomic E-state index is 0.382. The van der Waals surface area contributed by atoms with Gasteiger partial charge in [0.25, 0.3) is 0 Å². The van der Waals surface area contributed by atoms with Crippen molar-refractivity contribution >= 4 is 21.8 Å². The molecule has 16 heavy (non-hydrogen) atoms. The van der Waals surface area contributed by atoms with Crippen molar-refractivity contribution in [1.29, 1.82) is 0 Å². The van der Waals surface area contributed by atoms with Gasteiger partial charge < -0.3 is 4.90 Å². The molecule has 0 radical (unpaired) electrons. The molecule has 1 rings (SSSR count). The summed E-state index contributed by atoms with van der Waals surface area (Å²) in [5.74, 6) is 1.11. The van der Waals surface area contributed by atoms with Crippen LogP contribution in [0.1, 0.15) is 51.9 Å². The van der Waals surface area contributed by atoms with E-state index in [0.29, 0.717) is 5.91 Å². The normalized spacial score (nSPS) is 21.1. The molecule has 0 bridgehead atoms. The van der Waals surface area contributed by atoms with Gasteiger partial charge in [-0.05, 0) is 31.6 Å². The Balaban J connectivity index is 2.26. The van der Waals surface area contributed by atoms with E-state index in [-0.39, 0.29) is 0 Å². The van der Waals surface area contributed by atoms with Crippen molar-refractivity contribution in [1.82, 2.24) is 4.90 Å². The average molecular weight is 290 g/mol. The van der Waals surface area contributed by atoms with Crippen LogP contribution in [0, 0.1) is 5.92 Å². The van der Waals surface area contributed by atoms with Crippen LogP contribution in [0.2, 0.25) is 0 Å². The molecule has 1 aliphatic rings. The first-order valence-electron chi connectivity index (χ1n) is 6.61. The number of alkyl halides is 1. The van der Waals surface area contributed by atoms with Gasteiger partial charge in [0.05, 0.1) is 0 Å². The summed E-state index contributed by atoms with van der Waals surface area (Å²) in [5.41, 5.74) is 0. The maximum absolute atomic E-state index is 11.9. The smallest absolute Gasteiger partial charge is 0.222 e. The third-order valence-corrected chi connectivity index (χ3v) is 3.84. The molecule has 0 N–H and O–H groups in total. The summed E-state index contributed by atoms with van der Waals surface area (Å²) in [6, 6.07) is 0. The van der Waals surface area contributed by atoms with Crippen LogP contribution in [-0.4, -0.2) is 29.2 Å². The van der Waals surface area contributed by atoms with Crippen LogP contribution in [0.4, 0.5) is 0 Å². The SMILES string of the molecule is CCCCCC(=O)N1CCCC(CCBr)C1. The van der Waals surface area contributed by atoms with Gasteiger partial charge in [-0.15, -0.1) is 0 Å². The van der Waals surface area contributed by atoms with Crippen LogP contribution < -0.4 is 0 Å². The van der Waals surface area contributed by atoms with Crippen molar-refractivity contribution in [3.8, 4) is 0 Å². The second-order valence-corrected chi connectivity index (χ2v) is 5.58. The molecule has 1 saturated heterocycles. The van der Waals surface area contributed by atoms with Crippen LogP contribution >= 0.6 is 15.9 Å². The van der Waals surface area contributed by atoms with Gasteiger partial charge in [-0.25, -0.2) is 0 Å². The molecule has 1 atom stereocenters. The van der Waals surface area contributed by atoms with Crippen molar-refractivity contribution < 1.29 is 4.79 Å². The molecule has 0 aromatic carbocycles. The van der Waals surface area contributed by atoms with Crippen LogP contribution in [0.5, 0.6) is 0 Å². The lowest BCUT2D eigenvalue weighted by Gasteiger charge is -2.32. The molecule has 3 heteroatoms. The lowest BCUT2D eigenvalue weighted by atomic mass is 9.95. The fourth-order valence-electron chi connectivity index (χ4n) is 2.37. The molecule has 0 aromatic rings. The average Bonchev–Trinajstić information content (AvgIpc) is 2.30. The maximum atomic E-state index is 11.9.